The number of nitrogens with two attached hydrogens (primary N) is 1. The first-order chi connectivity index (χ1) is 27.9. The molecule has 4 aromatic rings. The summed E-state index contributed by atoms with van der Waals surface area (Å²) < 4.78 is 0. The number of aliphatic carboxylic acids is 1. The molecule has 10 N–H and O–H groups in total. The summed E-state index contributed by atoms with van der Waals surface area (Å²) in [7, 11) is 0. The van der Waals surface area contributed by atoms with E-state index in [0.29, 0.717) is 12.8 Å². The fourth-order valence-corrected chi connectivity index (χ4v) is 7.18. The van der Waals surface area contributed by atoms with Gasteiger partial charge >= 0.3 is 5.97 Å². The van der Waals surface area contributed by atoms with Crippen LogP contribution < -0.4 is 32.3 Å². The summed E-state index contributed by atoms with van der Waals surface area (Å²) in [5, 5.41) is 48.7. The molecule has 0 saturated carbocycles. The van der Waals surface area contributed by atoms with Crippen LogP contribution in [0.4, 0.5) is 0 Å². The highest BCUT2D eigenvalue weighted by molar-refractivity contribution is 6.23. The fourth-order valence-electron chi connectivity index (χ4n) is 7.18. The van der Waals surface area contributed by atoms with Gasteiger partial charge < -0.3 is 47.6 Å². The maximum absolute atomic E-state index is 13.6. The SMILES string of the molecule is CC(C)C[C@H](NC(=O)[C@H](CO)NC(=O)[C@@H](NC(=O)[C@H](CC(=O)O)NC(=O)[C@H](CC(C)C)NC(=O)CCCc1ccc2ccc3cccc4ccc1c2c34)C(C)O)C(N)=O. The molecule has 4 rings (SSSR count). The van der Waals surface area contributed by atoms with Crippen molar-refractivity contribution < 1.29 is 48.9 Å². The van der Waals surface area contributed by atoms with Gasteiger partial charge in [-0.15, -0.1) is 0 Å². The van der Waals surface area contributed by atoms with E-state index in [2.05, 4.69) is 75.1 Å². The first-order valence-corrected chi connectivity index (χ1v) is 19.9. The highest BCUT2D eigenvalue weighted by Gasteiger charge is 2.35. The quantitative estimate of drug-likeness (QED) is 0.0519. The van der Waals surface area contributed by atoms with Crippen LogP contribution in [0.1, 0.15) is 72.3 Å². The number of rotatable bonds is 22. The fraction of sp³-hybridized carbons (Fsp3) is 0.465. The van der Waals surface area contributed by atoms with Crippen molar-refractivity contribution in [3.63, 3.8) is 0 Å². The van der Waals surface area contributed by atoms with Gasteiger partial charge in [-0.25, -0.2) is 0 Å². The lowest BCUT2D eigenvalue weighted by molar-refractivity contribution is -0.142. The molecule has 16 heteroatoms. The molecule has 1 unspecified atom stereocenters. The Morgan fingerprint density at radius 3 is 1.73 bits per heavy atom. The Labute approximate surface area is 342 Å². The zero-order valence-electron chi connectivity index (χ0n) is 34.0. The molecule has 0 heterocycles. The van der Waals surface area contributed by atoms with Crippen molar-refractivity contribution in [2.24, 2.45) is 17.6 Å². The Bertz CT molecular complexity index is 2140. The van der Waals surface area contributed by atoms with Crippen molar-refractivity contribution in [2.45, 2.75) is 109 Å². The molecule has 0 aromatic heterocycles. The molecule has 0 aliphatic heterocycles. The van der Waals surface area contributed by atoms with Gasteiger partial charge in [0, 0.05) is 6.42 Å². The van der Waals surface area contributed by atoms with Gasteiger partial charge in [-0.3, -0.25) is 33.6 Å². The predicted molar refractivity (Wildman–Crippen MR) is 222 cm³/mol. The largest absolute Gasteiger partial charge is 0.481 e. The number of nitrogens with one attached hydrogen (secondary N) is 5. The average Bonchev–Trinajstić information content (AvgIpc) is 3.16. The molecular weight excluding hydrogens is 761 g/mol. The minimum Gasteiger partial charge on any atom is -0.481 e. The van der Waals surface area contributed by atoms with E-state index < -0.39 is 90.8 Å². The molecule has 59 heavy (non-hydrogen) atoms. The zero-order chi connectivity index (χ0) is 43.6. The van der Waals surface area contributed by atoms with Crippen LogP contribution in [-0.4, -0.2) is 99.7 Å². The van der Waals surface area contributed by atoms with Gasteiger partial charge in [-0.1, -0.05) is 82.3 Å². The van der Waals surface area contributed by atoms with Crippen LogP contribution in [0.3, 0.4) is 0 Å². The summed E-state index contributed by atoms with van der Waals surface area (Å²) in [4.78, 5) is 90.0. The minimum absolute atomic E-state index is 0.0387. The second-order valence-electron chi connectivity index (χ2n) is 15.9. The first-order valence-electron chi connectivity index (χ1n) is 19.9. The molecule has 318 valence electrons. The van der Waals surface area contributed by atoms with Gasteiger partial charge in [-0.05, 0) is 82.3 Å². The molecule has 0 fully saturated rings. The molecule has 0 bridgehead atoms. The Balaban J connectivity index is 1.40. The van der Waals surface area contributed by atoms with Crippen molar-refractivity contribution in [3.05, 3.63) is 60.2 Å². The van der Waals surface area contributed by atoms with Crippen LogP contribution >= 0.6 is 0 Å². The van der Waals surface area contributed by atoms with Gasteiger partial charge in [0.05, 0.1) is 19.1 Å². The predicted octanol–water partition coefficient (Wildman–Crippen LogP) is 1.76. The number of carboxylic acids is 1. The maximum atomic E-state index is 13.6. The number of carbonyl (C=O) groups excluding carboxylic acids is 6. The van der Waals surface area contributed by atoms with E-state index in [4.69, 9.17) is 5.73 Å². The van der Waals surface area contributed by atoms with E-state index in [0.717, 1.165) is 34.0 Å². The van der Waals surface area contributed by atoms with Gasteiger partial charge in [0.25, 0.3) is 0 Å². The van der Waals surface area contributed by atoms with E-state index >= 15 is 0 Å². The lowest BCUT2D eigenvalue weighted by Crippen LogP contribution is -2.62. The second kappa shape index (κ2) is 20.7. The average molecular weight is 817 g/mol. The number of aliphatic hydroxyl groups excluding tert-OH is 2. The Kier molecular flexibility index (Phi) is 16.1. The molecule has 6 amide bonds. The van der Waals surface area contributed by atoms with Gasteiger partial charge in [0.15, 0.2) is 0 Å². The molecule has 0 aliphatic carbocycles. The molecular formula is C43H56N6O10. The number of aliphatic hydroxyl groups is 2. The van der Waals surface area contributed by atoms with E-state index in [1.807, 2.05) is 19.9 Å². The van der Waals surface area contributed by atoms with Crippen molar-refractivity contribution in [3.8, 4) is 0 Å². The minimum atomic E-state index is -1.78. The normalized spacial score (nSPS) is 14.7. The number of primary amides is 1. The topological polar surface area (TPSA) is 266 Å². The highest BCUT2D eigenvalue weighted by Crippen LogP contribution is 2.36. The maximum Gasteiger partial charge on any atom is 0.305 e. The van der Waals surface area contributed by atoms with Crippen LogP contribution in [0.25, 0.3) is 32.3 Å². The Morgan fingerprint density at radius 1 is 0.627 bits per heavy atom. The first kappa shape index (κ1) is 45.8. The number of hydrogen-bond acceptors (Lipinski definition) is 9. The van der Waals surface area contributed by atoms with Gasteiger partial charge in [-0.2, -0.15) is 0 Å². The highest BCUT2D eigenvalue weighted by atomic mass is 16.4. The van der Waals surface area contributed by atoms with Crippen molar-refractivity contribution in [1.29, 1.82) is 0 Å². The number of carbonyl (C=O) groups is 7. The van der Waals surface area contributed by atoms with E-state index in [9.17, 15) is 48.9 Å². The van der Waals surface area contributed by atoms with Crippen molar-refractivity contribution in [1.82, 2.24) is 26.6 Å². The van der Waals surface area contributed by atoms with E-state index in [1.165, 1.54) is 10.8 Å². The van der Waals surface area contributed by atoms with Crippen LogP contribution in [0.5, 0.6) is 0 Å². The Hall–Kier alpha value is -5.87. The van der Waals surface area contributed by atoms with Crippen molar-refractivity contribution in [2.75, 3.05) is 6.61 Å². The summed E-state index contributed by atoms with van der Waals surface area (Å²) in [6.07, 6.45) is -1.03. The van der Waals surface area contributed by atoms with Gasteiger partial charge in [0.2, 0.25) is 35.4 Å². The lowest BCUT2D eigenvalue weighted by atomic mass is 9.90. The molecule has 0 aliphatic rings. The molecule has 16 nitrogen and oxygen atoms in total. The van der Waals surface area contributed by atoms with Crippen LogP contribution in [0, 0.1) is 11.8 Å². The number of aryl methyl sites for hydroxylation is 1. The number of hydrogen-bond donors (Lipinski definition) is 9. The zero-order valence-corrected chi connectivity index (χ0v) is 34.0. The summed E-state index contributed by atoms with van der Waals surface area (Å²) >= 11 is 0. The molecule has 0 radical (unpaired) electrons. The number of benzene rings is 4. The third-order valence-corrected chi connectivity index (χ3v) is 10.1. The Morgan fingerprint density at radius 2 is 1.15 bits per heavy atom. The van der Waals surface area contributed by atoms with Crippen LogP contribution in [-0.2, 0) is 40.0 Å². The van der Waals surface area contributed by atoms with Gasteiger partial charge in [0.1, 0.15) is 30.2 Å². The van der Waals surface area contributed by atoms with Crippen LogP contribution in [0.15, 0.2) is 54.6 Å². The lowest BCUT2D eigenvalue weighted by Gasteiger charge is -2.27. The molecule has 0 saturated heterocycles. The third kappa shape index (κ3) is 12.3. The monoisotopic (exact) mass is 816 g/mol. The number of amides is 6. The summed E-state index contributed by atoms with van der Waals surface area (Å²) in [5.74, 6) is -6.92. The number of carboxylic acid groups (broad SMARTS) is 1. The summed E-state index contributed by atoms with van der Waals surface area (Å²) in [6, 6.07) is 11.4. The summed E-state index contributed by atoms with van der Waals surface area (Å²) in [5.41, 5.74) is 6.46. The van der Waals surface area contributed by atoms with E-state index in [-0.39, 0.29) is 31.1 Å². The third-order valence-electron chi connectivity index (χ3n) is 10.1. The van der Waals surface area contributed by atoms with Crippen LogP contribution in [0.2, 0.25) is 0 Å². The molecule has 6 atom stereocenters. The van der Waals surface area contributed by atoms with E-state index in [1.54, 1.807) is 13.8 Å². The molecule has 4 aromatic carbocycles. The van der Waals surface area contributed by atoms with Crippen molar-refractivity contribution >= 4 is 73.7 Å². The second-order valence-corrected chi connectivity index (χ2v) is 15.9. The molecule has 0 spiro atoms. The standard InChI is InChI=1S/C43H56N6O10/c1-22(2)18-30(39(44)55)46-42(58)33(21-50)48-43(59)38(24(5)51)49-41(57)32(20-35(53)54)47-40(56)31(19-23(3)4)45-34(52)11-7-8-25-12-13-28-15-14-26-9-6-10-27-16-17-29(25)37(28)36(26)27/h6,9-10,12-17,22-24,30-33,38,50-51H,7-8,11,18-21H2,1-5H3,(H2,44,55)(H,45,52)(H,46,58)(H,47,56)(H,48,59)(H,49,57)(H,53,54)/t24?,30-,31-,32-,33-,38-/m0/s1. The summed E-state index contributed by atoms with van der Waals surface area (Å²) in [6.45, 7) is 7.46. The smallest absolute Gasteiger partial charge is 0.305 e.